The Morgan fingerprint density at radius 1 is 1.05 bits per heavy atom. The molecule has 2 aromatic rings. The second kappa shape index (κ2) is 5.35. The molecule has 0 bridgehead atoms. The highest BCUT2D eigenvalue weighted by molar-refractivity contribution is 5.32. The average Bonchev–Trinajstić information content (AvgIpc) is 2.47. The van der Waals surface area contributed by atoms with E-state index in [1.54, 1.807) is 0 Å². The molecule has 4 heteroatoms. The van der Waals surface area contributed by atoms with Crippen LogP contribution in [0, 0.1) is 0 Å². The van der Waals surface area contributed by atoms with Crippen LogP contribution in [-0.2, 0) is 12.6 Å². The van der Waals surface area contributed by atoms with E-state index in [1.807, 2.05) is 36.4 Å². The smallest absolute Gasteiger partial charge is 0.281 e. The summed E-state index contributed by atoms with van der Waals surface area (Å²) in [6.07, 6.45) is -0.976. The first kappa shape index (κ1) is 13.9. The standard InChI is InChI=1S/C17H14F3N/c18-17(19,20)14-7-9-16-13(11-14)6-8-15(21-16)10-12-4-2-1-3-5-12/h1-7,9,11,15H,8,10H2. The summed E-state index contributed by atoms with van der Waals surface area (Å²) in [4.78, 5) is 4.57. The maximum atomic E-state index is 12.7. The van der Waals surface area contributed by atoms with Crippen LogP contribution >= 0.6 is 0 Å². The summed E-state index contributed by atoms with van der Waals surface area (Å²) in [6, 6.07) is 13.8. The number of hydrogen-bond donors (Lipinski definition) is 0. The second-order valence-corrected chi connectivity index (χ2v) is 5.18. The molecule has 1 aliphatic heterocycles. The van der Waals surface area contributed by atoms with E-state index in [-0.39, 0.29) is 6.04 Å². The van der Waals surface area contributed by atoms with Crippen molar-refractivity contribution in [3.63, 3.8) is 0 Å². The SMILES string of the molecule is FC(F)(F)c1ccc2c(c1)=CCC(Cc1ccccc1)N=2. The van der Waals surface area contributed by atoms with Gasteiger partial charge in [0.25, 0.3) is 0 Å². The average molecular weight is 289 g/mol. The van der Waals surface area contributed by atoms with Gasteiger partial charge in [-0.05, 0) is 41.8 Å². The molecule has 0 aromatic heterocycles. The minimum Gasteiger partial charge on any atom is -0.281 e. The van der Waals surface area contributed by atoms with Crippen LogP contribution in [0.4, 0.5) is 13.2 Å². The number of alkyl halides is 3. The predicted octanol–water partition coefficient (Wildman–Crippen LogP) is 3.12. The van der Waals surface area contributed by atoms with Gasteiger partial charge in [0, 0.05) is 0 Å². The first-order valence-electron chi connectivity index (χ1n) is 6.81. The molecule has 0 amide bonds. The van der Waals surface area contributed by atoms with Crippen molar-refractivity contribution < 1.29 is 13.2 Å². The van der Waals surface area contributed by atoms with Crippen molar-refractivity contribution in [3.8, 4) is 0 Å². The number of rotatable bonds is 2. The Hall–Kier alpha value is -2.10. The molecule has 3 rings (SSSR count). The Morgan fingerprint density at radius 2 is 1.81 bits per heavy atom. The first-order valence-corrected chi connectivity index (χ1v) is 6.81. The minimum atomic E-state index is -4.30. The van der Waals surface area contributed by atoms with Crippen LogP contribution in [-0.4, -0.2) is 6.04 Å². The maximum Gasteiger partial charge on any atom is 0.416 e. The van der Waals surface area contributed by atoms with Gasteiger partial charge in [0.15, 0.2) is 0 Å². The van der Waals surface area contributed by atoms with E-state index in [2.05, 4.69) is 4.99 Å². The molecule has 0 radical (unpaired) electrons. The van der Waals surface area contributed by atoms with Gasteiger partial charge in [-0.15, -0.1) is 0 Å². The van der Waals surface area contributed by atoms with Gasteiger partial charge in [-0.3, -0.25) is 4.99 Å². The zero-order chi connectivity index (χ0) is 14.9. The molecule has 0 saturated heterocycles. The fourth-order valence-electron chi connectivity index (χ4n) is 2.54. The third kappa shape index (κ3) is 3.15. The van der Waals surface area contributed by atoms with E-state index in [0.29, 0.717) is 17.0 Å². The molecule has 1 atom stereocenters. The van der Waals surface area contributed by atoms with Crippen molar-refractivity contribution in [2.24, 2.45) is 4.99 Å². The summed E-state index contributed by atoms with van der Waals surface area (Å²) >= 11 is 0. The van der Waals surface area contributed by atoms with Crippen LogP contribution < -0.4 is 10.6 Å². The second-order valence-electron chi connectivity index (χ2n) is 5.18. The van der Waals surface area contributed by atoms with Crippen LogP contribution in [0.5, 0.6) is 0 Å². The van der Waals surface area contributed by atoms with Crippen molar-refractivity contribution in [1.82, 2.24) is 0 Å². The lowest BCUT2D eigenvalue weighted by atomic mass is 10.0. The molecule has 21 heavy (non-hydrogen) atoms. The van der Waals surface area contributed by atoms with Crippen LogP contribution in [0.2, 0.25) is 0 Å². The van der Waals surface area contributed by atoms with Gasteiger partial charge >= 0.3 is 6.18 Å². The Balaban J connectivity index is 1.88. The zero-order valence-corrected chi connectivity index (χ0v) is 11.3. The van der Waals surface area contributed by atoms with Crippen LogP contribution in [0.25, 0.3) is 6.08 Å². The summed E-state index contributed by atoms with van der Waals surface area (Å²) in [6.45, 7) is 0. The Labute approximate surface area is 120 Å². The molecule has 0 aliphatic carbocycles. The fraction of sp³-hybridized carbons (Fsp3) is 0.235. The molecular formula is C17H14F3N. The van der Waals surface area contributed by atoms with E-state index in [0.717, 1.165) is 12.5 Å². The van der Waals surface area contributed by atoms with E-state index in [9.17, 15) is 13.2 Å². The van der Waals surface area contributed by atoms with E-state index in [4.69, 9.17) is 0 Å². The molecule has 108 valence electrons. The summed E-state index contributed by atoms with van der Waals surface area (Å²) in [5, 5.41) is 1.23. The molecule has 0 fully saturated rings. The van der Waals surface area contributed by atoms with Gasteiger partial charge in [0.2, 0.25) is 0 Å². The normalized spacial score (nSPS) is 17.6. The van der Waals surface area contributed by atoms with Crippen LogP contribution in [0.15, 0.2) is 53.5 Å². The van der Waals surface area contributed by atoms with Gasteiger partial charge < -0.3 is 0 Å². The lowest BCUT2D eigenvalue weighted by Crippen LogP contribution is -2.33. The quantitative estimate of drug-likeness (QED) is 0.805. The largest absolute Gasteiger partial charge is 0.416 e. The minimum absolute atomic E-state index is 0.0941. The van der Waals surface area contributed by atoms with E-state index >= 15 is 0 Å². The van der Waals surface area contributed by atoms with Crippen molar-refractivity contribution >= 4 is 6.08 Å². The molecule has 1 heterocycles. The summed E-state index contributed by atoms with van der Waals surface area (Å²) in [5.41, 5.74) is 0.573. The van der Waals surface area contributed by atoms with Gasteiger partial charge in [-0.1, -0.05) is 36.4 Å². The van der Waals surface area contributed by atoms with Gasteiger partial charge in [0.1, 0.15) is 0 Å². The van der Waals surface area contributed by atoms with Gasteiger partial charge in [0.05, 0.1) is 17.0 Å². The highest BCUT2D eigenvalue weighted by Gasteiger charge is 2.30. The van der Waals surface area contributed by atoms with Crippen LogP contribution in [0.1, 0.15) is 17.5 Å². The highest BCUT2D eigenvalue weighted by atomic mass is 19.4. The molecule has 0 N–H and O–H groups in total. The topological polar surface area (TPSA) is 12.4 Å². The Bertz CT molecular complexity index is 748. The fourth-order valence-corrected chi connectivity index (χ4v) is 2.54. The Morgan fingerprint density at radius 3 is 2.52 bits per heavy atom. The zero-order valence-electron chi connectivity index (χ0n) is 11.3. The summed E-state index contributed by atoms with van der Waals surface area (Å²) in [7, 11) is 0. The van der Waals surface area contributed by atoms with E-state index < -0.39 is 11.7 Å². The van der Waals surface area contributed by atoms with Crippen LogP contribution in [0.3, 0.4) is 0 Å². The molecule has 0 saturated carbocycles. The molecule has 2 aromatic carbocycles. The third-order valence-electron chi connectivity index (χ3n) is 3.60. The monoisotopic (exact) mass is 289 g/mol. The first-order chi connectivity index (χ1) is 10.0. The maximum absolute atomic E-state index is 12.7. The van der Waals surface area contributed by atoms with Gasteiger partial charge in [-0.2, -0.15) is 13.2 Å². The number of nitrogens with zero attached hydrogens (tertiary/aromatic N) is 1. The number of benzene rings is 2. The number of fused-ring (bicyclic) bond motifs is 1. The third-order valence-corrected chi connectivity index (χ3v) is 3.60. The van der Waals surface area contributed by atoms with E-state index in [1.165, 1.54) is 17.7 Å². The Kier molecular flexibility index (Phi) is 3.53. The van der Waals surface area contributed by atoms with Crippen molar-refractivity contribution in [2.75, 3.05) is 0 Å². The summed E-state index contributed by atoms with van der Waals surface area (Å²) in [5.74, 6) is 0. The number of halogens is 3. The predicted molar refractivity (Wildman–Crippen MR) is 75.2 cm³/mol. The highest BCUT2D eigenvalue weighted by Crippen LogP contribution is 2.27. The molecular weight excluding hydrogens is 275 g/mol. The number of hydrogen-bond acceptors (Lipinski definition) is 1. The molecule has 1 aliphatic rings. The molecule has 1 unspecified atom stereocenters. The lowest BCUT2D eigenvalue weighted by Gasteiger charge is -2.14. The summed E-state index contributed by atoms with van der Waals surface area (Å²) < 4.78 is 38.0. The van der Waals surface area contributed by atoms with Gasteiger partial charge in [-0.25, -0.2) is 0 Å². The van der Waals surface area contributed by atoms with Crippen molar-refractivity contribution in [3.05, 3.63) is 70.2 Å². The van der Waals surface area contributed by atoms with Crippen molar-refractivity contribution in [1.29, 1.82) is 0 Å². The lowest BCUT2D eigenvalue weighted by molar-refractivity contribution is -0.137. The molecule has 0 spiro atoms. The van der Waals surface area contributed by atoms with Crippen molar-refractivity contribution in [2.45, 2.75) is 25.1 Å². The molecule has 1 nitrogen and oxygen atoms in total.